The van der Waals surface area contributed by atoms with Gasteiger partial charge in [-0.05, 0) is 12.1 Å². The minimum atomic E-state index is 0.238. The topological polar surface area (TPSA) is 60.2 Å². The minimum absolute atomic E-state index is 0.238. The number of hydrogen-bond acceptors (Lipinski definition) is 5. The van der Waals surface area contributed by atoms with Crippen LogP contribution in [-0.2, 0) is 19.6 Å². The molecule has 2 aromatic rings. The van der Waals surface area contributed by atoms with Gasteiger partial charge in [-0.2, -0.15) is 4.98 Å². The van der Waals surface area contributed by atoms with Crippen molar-refractivity contribution in [2.75, 3.05) is 0 Å². The molecular formula is C15H20ClN3O2. The molecule has 0 aliphatic rings. The molecule has 0 amide bonds. The van der Waals surface area contributed by atoms with Crippen LogP contribution in [0.5, 0.6) is 5.75 Å². The Morgan fingerprint density at radius 2 is 2.19 bits per heavy atom. The van der Waals surface area contributed by atoms with Crippen LogP contribution in [0.2, 0.25) is 5.02 Å². The average molecular weight is 310 g/mol. The van der Waals surface area contributed by atoms with Crippen molar-refractivity contribution in [3.63, 3.8) is 0 Å². The number of rotatable bonds is 7. The molecule has 5 nitrogen and oxygen atoms in total. The fraction of sp³-hybridized carbons (Fsp3) is 0.467. The second kappa shape index (κ2) is 7.43. The number of hydrogen-bond donors (Lipinski definition) is 1. The van der Waals surface area contributed by atoms with E-state index in [0.29, 0.717) is 29.3 Å². The first-order valence-electron chi connectivity index (χ1n) is 7.05. The molecule has 0 aliphatic carbocycles. The summed E-state index contributed by atoms with van der Waals surface area (Å²) in [5.74, 6) is 1.88. The number of nitrogens with one attached hydrogen (secondary N) is 1. The molecule has 2 rings (SSSR count). The highest BCUT2D eigenvalue weighted by atomic mass is 35.5. The molecule has 0 bridgehead atoms. The van der Waals surface area contributed by atoms with Gasteiger partial charge < -0.3 is 14.6 Å². The van der Waals surface area contributed by atoms with Gasteiger partial charge in [-0.25, -0.2) is 0 Å². The van der Waals surface area contributed by atoms with E-state index in [-0.39, 0.29) is 6.61 Å². The summed E-state index contributed by atoms with van der Waals surface area (Å²) in [6.45, 7) is 7.03. The van der Waals surface area contributed by atoms with Crippen LogP contribution in [0.3, 0.4) is 0 Å². The smallest absolute Gasteiger partial charge is 0.264 e. The predicted molar refractivity (Wildman–Crippen MR) is 81.4 cm³/mol. The molecule has 0 aliphatic heterocycles. The third-order valence-electron chi connectivity index (χ3n) is 2.94. The Labute approximate surface area is 129 Å². The van der Waals surface area contributed by atoms with Crippen molar-refractivity contribution >= 4 is 11.6 Å². The second-order valence-corrected chi connectivity index (χ2v) is 5.41. The minimum Gasteiger partial charge on any atom is -0.483 e. The van der Waals surface area contributed by atoms with Crippen LogP contribution in [0, 0.1) is 0 Å². The van der Waals surface area contributed by atoms with Gasteiger partial charge in [0.15, 0.2) is 12.4 Å². The molecule has 1 aromatic heterocycles. The zero-order valence-electron chi connectivity index (χ0n) is 12.5. The van der Waals surface area contributed by atoms with Crippen molar-refractivity contribution in [3.05, 3.63) is 40.5 Å². The lowest BCUT2D eigenvalue weighted by Gasteiger charge is -2.14. The summed E-state index contributed by atoms with van der Waals surface area (Å²) in [6, 6.07) is 5.98. The van der Waals surface area contributed by atoms with Gasteiger partial charge in [0, 0.05) is 29.6 Å². The van der Waals surface area contributed by atoms with E-state index in [2.05, 4.69) is 29.3 Å². The Hall–Kier alpha value is -1.59. The van der Waals surface area contributed by atoms with E-state index in [4.69, 9.17) is 20.9 Å². The summed E-state index contributed by atoms with van der Waals surface area (Å²) in [7, 11) is 0. The fourth-order valence-electron chi connectivity index (χ4n) is 1.78. The first kappa shape index (κ1) is 15.8. The molecule has 1 aromatic carbocycles. The van der Waals surface area contributed by atoms with Gasteiger partial charge in [0.05, 0.1) is 0 Å². The van der Waals surface area contributed by atoms with Crippen molar-refractivity contribution in [2.45, 2.75) is 46.4 Å². The highest BCUT2D eigenvalue weighted by Gasteiger charge is 2.11. The van der Waals surface area contributed by atoms with E-state index in [1.807, 2.05) is 25.1 Å². The van der Waals surface area contributed by atoms with Gasteiger partial charge in [-0.15, -0.1) is 0 Å². The fourth-order valence-corrected chi connectivity index (χ4v) is 2.02. The standard InChI is InChI=1S/C15H20ClN3O2/c1-4-14-18-15(21-19-14)9-20-13-7-5-6-12(16)11(13)8-17-10(2)3/h5-7,10,17H,4,8-9H2,1-3H3. The van der Waals surface area contributed by atoms with E-state index in [1.165, 1.54) is 0 Å². The Balaban J connectivity index is 2.06. The Morgan fingerprint density at radius 1 is 1.38 bits per heavy atom. The normalized spacial score (nSPS) is 11.1. The Bertz CT molecular complexity index is 584. The van der Waals surface area contributed by atoms with Gasteiger partial charge in [-0.1, -0.05) is 43.6 Å². The summed E-state index contributed by atoms with van der Waals surface area (Å²) in [5, 5.41) is 7.86. The highest BCUT2D eigenvalue weighted by molar-refractivity contribution is 6.31. The Kier molecular flexibility index (Phi) is 5.59. The summed E-state index contributed by atoms with van der Waals surface area (Å²) < 4.78 is 10.9. The van der Waals surface area contributed by atoms with Crippen LogP contribution >= 0.6 is 11.6 Å². The van der Waals surface area contributed by atoms with Gasteiger partial charge >= 0.3 is 0 Å². The molecule has 0 unspecified atom stereocenters. The van der Waals surface area contributed by atoms with Crippen molar-refractivity contribution in [2.24, 2.45) is 0 Å². The number of halogens is 1. The maximum absolute atomic E-state index is 6.25. The number of aryl methyl sites for hydroxylation is 1. The van der Waals surface area contributed by atoms with Crippen molar-refractivity contribution in [1.29, 1.82) is 0 Å². The van der Waals surface area contributed by atoms with Gasteiger partial charge in [0.25, 0.3) is 5.89 Å². The van der Waals surface area contributed by atoms with Crippen LogP contribution in [-0.4, -0.2) is 16.2 Å². The summed E-state index contributed by atoms with van der Waals surface area (Å²) in [5.41, 5.74) is 0.933. The molecule has 0 saturated heterocycles. The van der Waals surface area contributed by atoms with E-state index >= 15 is 0 Å². The summed E-state index contributed by atoms with van der Waals surface area (Å²) in [6.07, 6.45) is 0.740. The summed E-state index contributed by atoms with van der Waals surface area (Å²) in [4.78, 5) is 4.22. The van der Waals surface area contributed by atoms with Gasteiger partial charge in [0.1, 0.15) is 5.75 Å². The van der Waals surface area contributed by atoms with Gasteiger partial charge in [-0.3, -0.25) is 0 Å². The first-order valence-corrected chi connectivity index (χ1v) is 7.43. The number of benzene rings is 1. The number of ether oxygens (including phenoxy) is 1. The summed E-state index contributed by atoms with van der Waals surface area (Å²) >= 11 is 6.25. The molecule has 0 atom stereocenters. The molecule has 6 heteroatoms. The maximum Gasteiger partial charge on any atom is 0.264 e. The predicted octanol–water partition coefficient (Wildman–Crippen LogP) is 3.36. The lowest BCUT2D eigenvalue weighted by atomic mass is 10.2. The first-order chi connectivity index (χ1) is 10.1. The van der Waals surface area contributed by atoms with Crippen LogP contribution in [0.4, 0.5) is 0 Å². The molecule has 1 heterocycles. The third kappa shape index (κ3) is 4.44. The third-order valence-corrected chi connectivity index (χ3v) is 3.29. The van der Waals surface area contributed by atoms with E-state index in [1.54, 1.807) is 0 Å². The molecule has 1 N–H and O–H groups in total. The molecular weight excluding hydrogens is 290 g/mol. The number of nitrogens with zero attached hydrogens (tertiary/aromatic N) is 2. The van der Waals surface area contributed by atoms with Gasteiger partial charge in [0.2, 0.25) is 0 Å². The Morgan fingerprint density at radius 3 is 2.86 bits per heavy atom. The van der Waals surface area contributed by atoms with E-state index in [0.717, 1.165) is 17.7 Å². The zero-order chi connectivity index (χ0) is 15.2. The van der Waals surface area contributed by atoms with E-state index in [9.17, 15) is 0 Å². The molecule has 21 heavy (non-hydrogen) atoms. The monoisotopic (exact) mass is 309 g/mol. The van der Waals surface area contributed by atoms with Crippen LogP contribution in [0.25, 0.3) is 0 Å². The van der Waals surface area contributed by atoms with Crippen molar-refractivity contribution in [3.8, 4) is 5.75 Å². The molecule has 0 radical (unpaired) electrons. The molecule has 0 saturated carbocycles. The highest BCUT2D eigenvalue weighted by Crippen LogP contribution is 2.27. The van der Waals surface area contributed by atoms with Crippen LogP contribution < -0.4 is 10.1 Å². The average Bonchev–Trinajstić information content (AvgIpc) is 2.92. The number of aromatic nitrogens is 2. The molecule has 114 valence electrons. The maximum atomic E-state index is 6.25. The second-order valence-electron chi connectivity index (χ2n) is 5.00. The molecule has 0 fully saturated rings. The van der Waals surface area contributed by atoms with Crippen LogP contribution in [0.1, 0.15) is 38.0 Å². The van der Waals surface area contributed by atoms with Crippen LogP contribution in [0.15, 0.2) is 22.7 Å². The van der Waals surface area contributed by atoms with Crippen molar-refractivity contribution < 1.29 is 9.26 Å². The van der Waals surface area contributed by atoms with E-state index < -0.39 is 0 Å². The lowest BCUT2D eigenvalue weighted by molar-refractivity contribution is 0.240. The van der Waals surface area contributed by atoms with Crippen molar-refractivity contribution in [1.82, 2.24) is 15.5 Å². The SMILES string of the molecule is CCc1noc(COc2cccc(Cl)c2CNC(C)C)n1. The largest absolute Gasteiger partial charge is 0.483 e. The zero-order valence-corrected chi connectivity index (χ0v) is 13.3. The quantitative estimate of drug-likeness (QED) is 0.849. The lowest BCUT2D eigenvalue weighted by Crippen LogP contribution is -2.22. The molecule has 0 spiro atoms.